The molecule has 0 amide bonds. The van der Waals surface area contributed by atoms with E-state index in [1.807, 2.05) is 36.4 Å². The third-order valence-corrected chi connectivity index (χ3v) is 7.50. The van der Waals surface area contributed by atoms with Crippen molar-refractivity contribution in [3.05, 3.63) is 72.8 Å². The van der Waals surface area contributed by atoms with Crippen LogP contribution in [0.2, 0.25) is 0 Å². The van der Waals surface area contributed by atoms with Crippen LogP contribution in [0.15, 0.2) is 72.8 Å². The van der Waals surface area contributed by atoms with Gasteiger partial charge in [0, 0.05) is 0 Å². The third kappa shape index (κ3) is 3.86. The summed E-state index contributed by atoms with van der Waals surface area (Å²) in [4.78, 5) is 0. The first-order valence-corrected chi connectivity index (χ1v) is 9.90. The molecule has 3 aromatic carbocycles. The lowest BCUT2D eigenvalue weighted by molar-refractivity contribution is 0.415. The molecule has 0 atom stereocenters. The molecule has 0 spiro atoms. The van der Waals surface area contributed by atoms with Crippen molar-refractivity contribution in [1.29, 1.82) is 0 Å². The molecule has 0 saturated heterocycles. The Morgan fingerprint density at radius 3 is 0.880 bits per heavy atom. The second-order valence-corrected chi connectivity index (χ2v) is 8.62. The minimum absolute atomic E-state index is 0.876. The van der Waals surface area contributed by atoms with Crippen molar-refractivity contribution in [1.82, 2.24) is 0 Å². The molecular formula is C21H22O3Si. The van der Waals surface area contributed by atoms with Gasteiger partial charge in [-0.15, -0.1) is 0 Å². The van der Waals surface area contributed by atoms with Crippen LogP contribution < -0.4 is 29.8 Å². The predicted octanol–water partition coefficient (Wildman–Crippen LogP) is 1.96. The van der Waals surface area contributed by atoms with E-state index in [9.17, 15) is 0 Å². The maximum Gasteiger partial charge on any atom is 0.132 e. The molecular weight excluding hydrogens is 328 g/mol. The smallest absolute Gasteiger partial charge is 0.132 e. The van der Waals surface area contributed by atoms with Gasteiger partial charge in [0.25, 0.3) is 0 Å². The summed E-state index contributed by atoms with van der Waals surface area (Å²) in [7, 11) is 3.50. The molecule has 3 rings (SSSR count). The van der Waals surface area contributed by atoms with Crippen LogP contribution in [-0.4, -0.2) is 30.1 Å². The molecule has 0 aliphatic carbocycles. The van der Waals surface area contributed by atoms with Crippen molar-refractivity contribution in [2.75, 3.05) is 21.3 Å². The largest absolute Gasteiger partial charge is 0.497 e. The maximum atomic E-state index is 5.30. The van der Waals surface area contributed by atoms with Crippen LogP contribution in [0.25, 0.3) is 0 Å². The fraction of sp³-hybridized carbons (Fsp3) is 0.143. The summed E-state index contributed by atoms with van der Waals surface area (Å²) in [6.45, 7) is 0. The Labute approximate surface area is 150 Å². The van der Waals surface area contributed by atoms with Gasteiger partial charge in [0.15, 0.2) is 0 Å². The lowest BCUT2D eigenvalue weighted by Gasteiger charge is -2.18. The first-order valence-electron chi connectivity index (χ1n) is 8.17. The lowest BCUT2D eigenvalue weighted by atomic mass is 10.3. The Bertz CT molecular complexity index is 683. The van der Waals surface area contributed by atoms with E-state index < -0.39 is 8.80 Å². The van der Waals surface area contributed by atoms with Crippen molar-refractivity contribution < 1.29 is 14.2 Å². The van der Waals surface area contributed by atoms with Gasteiger partial charge < -0.3 is 14.2 Å². The summed E-state index contributed by atoms with van der Waals surface area (Å²) in [5.74, 6) is 2.63. The van der Waals surface area contributed by atoms with Gasteiger partial charge >= 0.3 is 0 Å². The van der Waals surface area contributed by atoms with E-state index in [-0.39, 0.29) is 0 Å². The molecule has 0 unspecified atom stereocenters. The molecule has 0 aliphatic heterocycles. The van der Waals surface area contributed by atoms with Crippen LogP contribution in [0.5, 0.6) is 17.2 Å². The molecule has 0 saturated carbocycles. The SMILES string of the molecule is COc1ccc([SiH](c2ccc(OC)cc2)c2ccc(OC)cc2)cc1. The van der Waals surface area contributed by atoms with E-state index in [0.717, 1.165) is 17.2 Å². The summed E-state index contributed by atoms with van der Waals surface area (Å²) in [6, 6.07) is 25.2. The van der Waals surface area contributed by atoms with Crippen LogP contribution >= 0.6 is 0 Å². The first kappa shape index (κ1) is 17.1. The quantitative estimate of drug-likeness (QED) is 0.502. The van der Waals surface area contributed by atoms with Gasteiger partial charge in [0.1, 0.15) is 26.0 Å². The second kappa shape index (κ2) is 7.90. The molecule has 3 aromatic rings. The molecule has 25 heavy (non-hydrogen) atoms. The van der Waals surface area contributed by atoms with Gasteiger partial charge in [-0.2, -0.15) is 0 Å². The highest BCUT2D eigenvalue weighted by molar-refractivity contribution is 6.95. The molecule has 0 radical (unpaired) electrons. The number of ether oxygens (including phenoxy) is 3. The molecule has 0 N–H and O–H groups in total. The molecule has 0 fully saturated rings. The molecule has 0 aromatic heterocycles. The lowest BCUT2D eigenvalue weighted by Crippen LogP contribution is -2.51. The van der Waals surface area contributed by atoms with Crippen molar-refractivity contribution in [3.63, 3.8) is 0 Å². The molecule has 0 aliphatic rings. The fourth-order valence-corrected chi connectivity index (χ4v) is 5.85. The van der Waals surface area contributed by atoms with E-state index in [2.05, 4.69) is 36.4 Å². The Hall–Kier alpha value is -2.72. The van der Waals surface area contributed by atoms with Gasteiger partial charge in [-0.3, -0.25) is 0 Å². The Morgan fingerprint density at radius 2 is 0.680 bits per heavy atom. The number of methoxy groups -OCH3 is 3. The zero-order chi connectivity index (χ0) is 17.6. The zero-order valence-electron chi connectivity index (χ0n) is 14.7. The normalized spacial score (nSPS) is 10.6. The van der Waals surface area contributed by atoms with Gasteiger partial charge in [-0.25, -0.2) is 0 Å². The summed E-state index contributed by atoms with van der Waals surface area (Å²) >= 11 is 0. The van der Waals surface area contributed by atoms with Crippen molar-refractivity contribution in [2.24, 2.45) is 0 Å². The van der Waals surface area contributed by atoms with Gasteiger partial charge in [-0.1, -0.05) is 52.0 Å². The fourth-order valence-electron chi connectivity index (χ4n) is 2.97. The molecule has 0 bridgehead atoms. The summed E-state index contributed by atoms with van der Waals surface area (Å²) < 4.78 is 15.9. The highest BCUT2D eigenvalue weighted by Crippen LogP contribution is 2.11. The van der Waals surface area contributed by atoms with Gasteiger partial charge in [0.2, 0.25) is 0 Å². The zero-order valence-corrected chi connectivity index (χ0v) is 15.9. The monoisotopic (exact) mass is 350 g/mol. The number of rotatable bonds is 6. The Balaban J connectivity index is 2.04. The maximum absolute atomic E-state index is 5.30. The van der Waals surface area contributed by atoms with Gasteiger partial charge in [0.05, 0.1) is 21.3 Å². The topological polar surface area (TPSA) is 27.7 Å². The molecule has 128 valence electrons. The number of hydrogen-bond donors (Lipinski definition) is 0. The van der Waals surface area contributed by atoms with Crippen LogP contribution in [0.3, 0.4) is 0 Å². The summed E-state index contributed by atoms with van der Waals surface area (Å²) in [5.41, 5.74) is 0. The predicted molar refractivity (Wildman–Crippen MR) is 105 cm³/mol. The van der Waals surface area contributed by atoms with Crippen LogP contribution in [0.1, 0.15) is 0 Å². The second-order valence-electron chi connectivity index (χ2n) is 5.75. The number of hydrogen-bond acceptors (Lipinski definition) is 3. The molecule has 3 nitrogen and oxygen atoms in total. The molecule has 4 heteroatoms. The van der Waals surface area contributed by atoms with E-state index in [1.54, 1.807) is 21.3 Å². The minimum Gasteiger partial charge on any atom is -0.497 e. The minimum atomic E-state index is -1.57. The summed E-state index contributed by atoms with van der Waals surface area (Å²) in [6.07, 6.45) is 0. The van der Waals surface area contributed by atoms with E-state index in [0.29, 0.717) is 0 Å². The standard InChI is InChI=1S/C21H22O3Si/c1-22-16-4-10-19(11-5-16)25(20-12-6-17(23-2)7-13-20)21-14-8-18(24-3)9-15-21/h4-15,25H,1-3H3. The average molecular weight is 350 g/mol. The average Bonchev–Trinajstić information content (AvgIpc) is 2.70. The van der Waals surface area contributed by atoms with Crippen LogP contribution in [0.4, 0.5) is 0 Å². The number of benzene rings is 3. The summed E-state index contributed by atoms with van der Waals surface area (Å²) in [5, 5.41) is 4.03. The first-order chi connectivity index (χ1) is 12.2. The van der Waals surface area contributed by atoms with Crippen molar-refractivity contribution in [3.8, 4) is 17.2 Å². The van der Waals surface area contributed by atoms with Crippen LogP contribution in [-0.2, 0) is 0 Å². The van der Waals surface area contributed by atoms with Crippen molar-refractivity contribution in [2.45, 2.75) is 0 Å². The van der Waals surface area contributed by atoms with Crippen LogP contribution in [0, 0.1) is 0 Å². The van der Waals surface area contributed by atoms with E-state index >= 15 is 0 Å². The highest BCUT2D eigenvalue weighted by Gasteiger charge is 2.19. The highest BCUT2D eigenvalue weighted by atomic mass is 28.3. The van der Waals surface area contributed by atoms with E-state index in [1.165, 1.54) is 15.6 Å². The Morgan fingerprint density at radius 1 is 0.440 bits per heavy atom. The van der Waals surface area contributed by atoms with Crippen molar-refractivity contribution >= 4 is 24.4 Å². The van der Waals surface area contributed by atoms with Gasteiger partial charge in [-0.05, 0) is 36.4 Å². The Kier molecular flexibility index (Phi) is 5.41. The van der Waals surface area contributed by atoms with E-state index in [4.69, 9.17) is 14.2 Å². The third-order valence-electron chi connectivity index (χ3n) is 4.35. The molecule has 0 heterocycles.